The minimum Gasteiger partial charge on any atom is -0.342 e. The molecule has 0 spiro atoms. The zero-order chi connectivity index (χ0) is 25.5. The van der Waals surface area contributed by atoms with Crippen molar-refractivity contribution in [2.45, 2.75) is 29.5 Å². The summed E-state index contributed by atoms with van der Waals surface area (Å²) < 4.78 is 101. The molecule has 0 bridgehead atoms. The highest BCUT2D eigenvalue weighted by atomic mass is 35.5. The fraction of sp³-hybridized carbons (Fsp3) is 0.222. The smallest absolute Gasteiger partial charge is 0.342 e. The fourth-order valence-electron chi connectivity index (χ4n) is 2.74. The van der Waals surface area contributed by atoms with Crippen molar-refractivity contribution in [3.05, 3.63) is 64.8 Å². The molecule has 8 nitrogen and oxygen atoms in total. The van der Waals surface area contributed by atoms with Crippen LogP contribution in [0.15, 0.2) is 47.8 Å². The van der Waals surface area contributed by atoms with Crippen molar-refractivity contribution >= 4 is 27.3 Å². The van der Waals surface area contributed by atoms with Crippen molar-refractivity contribution < 1.29 is 39.6 Å². The van der Waals surface area contributed by atoms with Gasteiger partial charge in [0.05, 0.1) is 16.5 Å². The number of hydrogen-bond acceptors (Lipinski definition) is 6. The Bertz CT molecular complexity index is 1320. The molecule has 16 heteroatoms. The standard InChI is InChI=1S/C18H12ClF6N5O3S/c1-9(29-16(31)10-4-11(17(20,21)22)6-12(19)5-10)15-27-8-28-30(15)14-3-2-13(7-26-14)34(32,33)18(23,24)25/h2-9H,1H3,(H,29,31). The molecule has 0 radical (unpaired) electrons. The largest absolute Gasteiger partial charge is 0.501 e. The van der Waals surface area contributed by atoms with Gasteiger partial charge in [0.2, 0.25) is 0 Å². The van der Waals surface area contributed by atoms with Crippen LogP contribution in [0.25, 0.3) is 5.82 Å². The first kappa shape index (κ1) is 25.4. The summed E-state index contributed by atoms with van der Waals surface area (Å²) in [6.07, 6.45) is -3.22. The van der Waals surface area contributed by atoms with Crippen LogP contribution >= 0.6 is 11.6 Å². The minimum atomic E-state index is -5.61. The second-order valence-electron chi connectivity index (χ2n) is 6.75. The predicted molar refractivity (Wildman–Crippen MR) is 105 cm³/mol. The lowest BCUT2D eigenvalue weighted by Crippen LogP contribution is -2.29. The van der Waals surface area contributed by atoms with Gasteiger partial charge in [-0.25, -0.2) is 18.4 Å². The van der Waals surface area contributed by atoms with Crippen LogP contribution in [0.5, 0.6) is 0 Å². The predicted octanol–water partition coefficient (Wildman–Crippen LogP) is 4.12. The number of carbonyl (C=O) groups excluding carboxylic acids is 1. The van der Waals surface area contributed by atoms with Crippen LogP contribution in [0.3, 0.4) is 0 Å². The summed E-state index contributed by atoms with van der Waals surface area (Å²) in [4.78, 5) is 19.0. The maximum Gasteiger partial charge on any atom is 0.501 e. The second-order valence-corrected chi connectivity index (χ2v) is 9.13. The summed E-state index contributed by atoms with van der Waals surface area (Å²) in [7, 11) is -5.61. The van der Waals surface area contributed by atoms with Crippen LogP contribution in [0, 0.1) is 0 Å². The number of sulfone groups is 1. The Morgan fingerprint density at radius 3 is 2.32 bits per heavy atom. The Hall–Kier alpha value is -3.20. The Balaban J connectivity index is 1.85. The van der Waals surface area contributed by atoms with E-state index < -0.39 is 43.9 Å². The zero-order valence-electron chi connectivity index (χ0n) is 16.7. The van der Waals surface area contributed by atoms with Gasteiger partial charge in [-0.15, -0.1) is 0 Å². The molecule has 1 unspecified atom stereocenters. The third-order valence-electron chi connectivity index (χ3n) is 4.35. The molecule has 0 aliphatic carbocycles. The number of halogens is 7. The van der Waals surface area contributed by atoms with Gasteiger partial charge in [-0.3, -0.25) is 4.79 Å². The number of nitrogens with zero attached hydrogens (tertiary/aromatic N) is 4. The van der Waals surface area contributed by atoms with Crippen molar-refractivity contribution in [1.82, 2.24) is 25.1 Å². The van der Waals surface area contributed by atoms with Crippen LogP contribution in [0.4, 0.5) is 26.3 Å². The van der Waals surface area contributed by atoms with E-state index in [4.69, 9.17) is 11.6 Å². The molecular formula is C18H12ClF6N5O3S. The topological polar surface area (TPSA) is 107 Å². The summed E-state index contributed by atoms with van der Waals surface area (Å²) in [6, 6.07) is 2.95. The number of pyridine rings is 1. The average molecular weight is 528 g/mol. The van der Waals surface area contributed by atoms with E-state index in [2.05, 4.69) is 20.4 Å². The molecule has 2 heterocycles. The second kappa shape index (κ2) is 8.87. The molecule has 0 saturated heterocycles. The lowest BCUT2D eigenvalue weighted by atomic mass is 10.1. The summed E-state index contributed by atoms with van der Waals surface area (Å²) in [5, 5.41) is 5.94. The molecule has 34 heavy (non-hydrogen) atoms. The number of amides is 1. The van der Waals surface area contributed by atoms with Gasteiger partial charge in [-0.2, -0.15) is 36.1 Å². The highest BCUT2D eigenvalue weighted by Crippen LogP contribution is 2.32. The number of alkyl halides is 6. The van der Waals surface area contributed by atoms with Crippen LogP contribution in [0.2, 0.25) is 5.02 Å². The first-order chi connectivity index (χ1) is 15.6. The summed E-state index contributed by atoms with van der Waals surface area (Å²) >= 11 is 5.69. The average Bonchev–Trinajstić information content (AvgIpc) is 3.22. The van der Waals surface area contributed by atoms with Crippen molar-refractivity contribution in [2.24, 2.45) is 0 Å². The van der Waals surface area contributed by atoms with Gasteiger partial charge in [0.1, 0.15) is 6.33 Å². The van der Waals surface area contributed by atoms with Gasteiger partial charge < -0.3 is 5.32 Å². The molecule has 2 aromatic heterocycles. The highest BCUT2D eigenvalue weighted by molar-refractivity contribution is 7.92. The van der Waals surface area contributed by atoms with E-state index >= 15 is 0 Å². The molecule has 0 saturated carbocycles. The molecule has 0 fully saturated rings. The van der Waals surface area contributed by atoms with Gasteiger partial charge in [0, 0.05) is 16.8 Å². The third kappa shape index (κ3) is 5.14. The van der Waals surface area contributed by atoms with Gasteiger partial charge in [-0.1, -0.05) is 11.6 Å². The maximum absolute atomic E-state index is 13.0. The monoisotopic (exact) mass is 527 g/mol. The van der Waals surface area contributed by atoms with Crippen LogP contribution in [-0.4, -0.2) is 39.6 Å². The first-order valence-corrected chi connectivity index (χ1v) is 10.8. The van der Waals surface area contributed by atoms with Crippen molar-refractivity contribution in [1.29, 1.82) is 0 Å². The quantitative estimate of drug-likeness (QED) is 0.500. The van der Waals surface area contributed by atoms with Crippen LogP contribution < -0.4 is 5.32 Å². The summed E-state index contributed by atoms with van der Waals surface area (Å²) in [5.74, 6) is -1.04. The first-order valence-electron chi connectivity index (χ1n) is 8.97. The Morgan fingerprint density at radius 1 is 1.09 bits per heavy atom. The van der Waals surface area contributed by atoms with Crippen LogP contribution in [-0.2, 0) is 16.0 Å². The third-order valence-corrected chi connectivity index (χ3v) is 6.04. The van der Waals surface area contributed by atoms with Crippen molar-refractivity contribution in [3.8, 4) is 5.82 Å². The Labute approximate surface area is 192 Å². The number of rotatable bonds is 5. The zero-order valence-corrected chi connectivity index (χ0v) is 18.3. The molecule has 3 rings (SSSR count). The molecule has 0 aliphatic rings. The molecule has 1 atom stereocenters. The van der Waals surface area contributed by atoms with E-state index in [1.165, 1.54) is 6.92 Å². The van der Waals surface area contributed by atoms with Crippen LogP contribution in [0.1, 0.15) is 34.7 Å². The van der Waals surface area contributed by atoms with E-state index in [-0.39, 0.29) is 22.2 Å². The SMILES string of the molecule is CC(NC(=O)c1cc(Cl)cc(C(F)(F)F)c1)c1ncnn1-c1ccc(S(=O)(=O)C(F)(F)F)cn1. The molecule has 0 aliphatic heterocycles. The van der Waals surface area contributed by atoms with Crippen molar-refractivity contribution in [2.75, 3.05) is 0 Å². The lowest BCUT2D eigenvalue weighted by Gasteiger charge is -2.15. The number of carbonyl (C=O) groups is 1. The fourth-order valence-corrected chi connectivity index (χ4v) is 3.68. The van der Waals surface area contributed by atoms with E-state index in [1.807, 2.05) is 0 Å². The number of hydrogen-bond donors (Lipinski definition) is 1. The van der Waals surface area contributed by atoms with E-state index in [9.17, 15) is 39.6 Å². The van der Waals surface area contributed by atoms with Gasteiger partial charge >= 0.3 is 11.7 Å². The maximum atomic E-state index is 13.0. The normalized spacial score (nSPS) is 13.5. The van der Waals surface area contributed by atoms with Gasteiger partial charge in [0.25, 0.3) is 15.7 Å². The Kier molecular flexibility index (Phi) is 6.63. The molecule has 182 valence electrons. The number of nitrogens with one attached hydrogen (secondary N) is 1. The molecule has 3 aromatic rings. The number of aromatic nitrogens is 4. The number of benzene rings is 1. The van der Waals surface area contributed by atoms with E-state index in [0.29, 0.717) is 24.4 Å². The highest BCUT2D eigenvalue weighted by Gasteiger charge is 2.47. The molecule has 1 amide bonds. The van der Waals surface area contributed by atoms with E-state index in [1.54, 1.807) is 0 Å². The summed E-state index contributed by atoms with van der Waals surface area (Å²) in [6.45, 7) is 1.41. The Morgan fingerprint density at radius 2 is 1.76 bits per heavy atom. The van der Waals surface area contributed by atoms with Crippen molar-refractivity contribution in [3.63, 3.8) is 0 Å². The molecule has 1 N–H and O–H groups in total. The molecular weight excluding hydrogens is 516 g/mol. The summed E-state index contributed by atoms with van der Waals surface area (Å²) in [5.41, 5.74) is -7.02. The van der Waals surface area contributed by atoms with Gasteiger partial charge in [-0.05, 0) is 37.3 Å². The van der Waals surface area contributed by atoms with E-state index in [0.717, 1.165) is 23.1 Å². The molecule has 1 aromatic carbocycles. The van der Waals surface area contributed by atoms with Gasteiger partial charge in [0.15, 0.2) is 11.6 Å². The minimum absolute atomic E-state index is 0.00496. The lowest BCUT2D eigenvalue weighted by molar-refractivity contribution is -0.137.